The second-order valence-electron chi connectivity index (χ2n) is 6.06. The topological polar surface area (TPSA) is 87.2 Å². The van der Waals surface area contributed by atoms with Crippen LogP contribution in [-0.4, -0.2) is 39.8 Å². The molecule has 7 heteroatoms. The van der Waals surface area contributed by atoms with Crippen molar-refractivity contribution in [3.63, 3.8) is 0 Å². The molecule has 0 saturated carbocycles. The summed E-state index contributed by atoms with van der Waals surface area (Å²) in [5.41, 5.74) is 3.45. The van der Waals surface area contributed by atoms with Crippen LogP contribution in [0.2, 0.25) is 0 Å². The standard InChI is InChI=1S/C18H21N5O2/c1-12-3-4-14(9-20-12)10-21-17-6-5-15-16(22-17)11-23(18(15)25)8-7-19-13(2)24/h3-6,9H,7-8,10-11H2,1-2H3,(H,19,24)(H,21,22). The van der Waals surface area contributed by atoms with Gasteiger partial charge in [-0.1, -0.05) is 6.07 Å². The van der Waals surface area contributed by atoms with E-state index < -0.39 is 0 Å². The molecule has 2 amide bonds. The molecule has 0 aliphatic carbocycles. The molecular formula is C18H21N5O2. The molecule has 2 aromatic rings. The Labute approximate surface area is 146 Å². The van der Waals surface area contributed by atoms with Crippen LogP contribution in [-0.2, 0) is 17.9 Å². The number of aryl methyl sites for hydroxylation is 1. The van der Waals surface area contributed by atoms with Crippen molar-refractivity contribution in [2.45, 2.75) is 26.9 Å². The molecule has 0 aromatic carbocycles. The van der Waals surface area contributed by atoms with Crippen LogP contribution in [0.3, 0.4) is 0 Å². The van der Waals surface area contributed by atoms with Crippen LogP contribution in [0.1, 0.15) is 34.2 Å². The lowest BCUT2D eigenvalue weighted by Crippen LogP contribution is -2.34. The Kier molecular flexibility index (Phi) is 4.92. The zero-order valence-corrected chi connectivity index (χ0v) is 14.4. The highest BCUT2D eigenvalue weighted by Gasteiger charge is 2.28. The summed E-state index contributed by atoms with van der Waals surface area (Å²) in [6.45, 7) is 5.43. The number of pyridine rings is 2. The van der Waals surface area contributed by atoms with Crippen molar-refractivity contribution < 1.29 is 9.59 Å². The minimum absolute atomic E-state index is 0.0397. The van der Waals surface area contributed by atoms with E-state index in [1.807, 2.05) is 31.3 Å². The lowest BCUT2D eigenvalue weighted by molar-refractivity contribution is -0.119. The summed E-state index contributed by atoms with van der Waals surface area (Å²) in [5, 5.41) is 5.96. The number of aromatic nitrogens is 2. The van der Waals surface area contributed by atoms with Gasteiger partial charge in [0.15, 0.2) is 0 Å². The van der Waals surface area contributed by atoms with E-state index in [0.29, 0.717) is 31.7 Å². The molecule has 3 heterocycles. The van der Waals surface area contributed by atoms with E-state index in [9.17, 15) is 9.59 Å². The van der Waals surface area contributed by atoms with Gasteiger partial charge in [-0.2, -0.15) is 0 Å². The first-order valence-electron chi connectivity index (χ1n) is 8.22. The minimum atomic E-state index is -0.0978. The molecule has 0 bridgehead atoms. The Hall–Kier alpha value is -2.96. The molecule has 2 N–H and O–H groups in total. The number of hydrogen-bond acceptors (Lipinski definition) is 5. The Balaban J connectivity index is 1.61. The number of hydrogen-bond donors (Lipinski definition) is 2. The number of anilines is 1. The van der Waals surface area contributed by atoms with Crippen molar-refractivity contribution >= 4 is 17.6 Å². The average Bonchev–Trinajstić information content (AvgIpc) is 2.90. The first-order chi connectivity index (χ1) is 12.0. The number of nitrogens with zero attached hydrogens (tertiary/aromatic N) is 3. The number of fused-ring (bicyclic) bond motifs is 1. The van der Waals surface area contributed by atoms with Crippen molar-refractivity contribution in [1.29, 1.82) is 0 Å². The summed E-state index contributed by atoms with van der Waals surface area (Å²) in [6.07, 6.45) is 1.84. The maximum atomic E-state index is 12.3. The molecule has 3 rings (SSSR count). The minimum Gasteiger partial charge on any atom is -0.366 e. The predicted octanol–water partition coefficient (Wildman–Crippen LogP) is 1.49. The van der Waals surface area contributed by atoms with E-state index >= 15 is 0 Å². The van der Waals surface area contributed by atoms with Crippen LogP contribution in [0.4, 0.5) is 5.82 Å². The smallest absolute Gasteiger partial charge is 0.256 e. The van der Waals surface area contributed by atoms with E-state index in [-0.39, 0.29) is 11.8 Å². The molecule has 1 aliphatic rings. The number of carbonyl (C=O) groups excluding carboxylic acids is 2. The Bertz CT molecular complexity index is 789. The van der Waals surface area contributed by atoms with Gasteiger partial charge in [-0.25, -0.2) is 4.98 Å². The molecule has 7 nitrogen and oxygen atoms in total. The largest absolute Gasteiger partial charge is 0.366 e. The maximum absolute atomic E-state index is 12.3. The fraction of sp³-hybridized carbons (Fsp3) is 0.333. The Morgan fingerprint density at radius 1 is 1.28 bits per heavy atom. The van der Waals surface area contributed by atoms with Crippen molar-refractivity contribution in [1.82, 2.24) is 20.2 Å². The van der Waals surface area contributed by atoms with Gasteiger partial charge in [-0.3, -0.25) is 14.6 Å². The normalized spacial score (nSPS) is 12.9. The van der Waals surface area contributed by atoms with Crippen LogP contribution >= 0.6 is 0 Å². The van der Waals surface area contributed by atoms with Gasteiger partial charge in [0.25, 0.3) is 5.91 Å². The molecule has 0 fully saturated rings. The second-order valence-corrected chi connectivity index (χ2v) is 6.06. The van der Waals surface area contributed by atoms with Gasteiger partial charge in [-0.15, -0.1) is 0 Å². The van der Waals surface area contributed by atoms with Gasteiger partial charge in [0.1, 0.15) is 5.82 Å². The Morgan fingerprint density at radius 3 is 2.84 bits per heavy atom. The number of amides is 2. The van der Waals surface area contributed by atoms with Gasteiger partial charge in [-0.05, 0) is 30.7 Å². The first kappa shape index (κ1) is 16.9. The van der Waals surface area contributed by atoms with Crippen molar-refractivity contribution in [2.75, 3.05) is 18.4 Å². The van der Waals surface area contributed by atoms with Crippen molar-refractivity contribution in [3.8, 4) is 0 Å². The van der Waals surface area contributed by atoms with Crippen LogP contribution in [0.25, 0.3) is 0 Å². The lowest BCUT2D eigenvalue weighted by Gasteiger charge is -2.14. The molecule has 0 radical (unpaired) electrons. The SMILES string of the molecule is CC(=O)NCCN1Cc2nc(NCc3ccc(C)nc3)ccc2C1=O. The molecule has 0 unspecified atom stereocenters. The van der Waals surface area contributed by atoms with Crippen molar-refractivity contribution in [3.05, 3.63) is 53.0 Å². The highest BCUT2D eigenvalue weighted by molar-refractivity contribution is 5.98. The average molecular weight is 339 g/mol. The highest BCUT2D eigenvalue weighted by Crippen LogP contribution is 2.22. The van der Waals surface area contributed by atoms with Gasteiger partial charge >= 0.3 is 0 Å². The van der Waals surface area contributed by atoms with Gasteiger partial charge in [0, 0.05) is 38.4 Å². The molecule has 2 aromatic heterocycles. The molecule has 1 aliphatic heterocycles. The summed E-state index contributed by atoms with van der Waals surface area (Å²) in [5.74, 6) is 0.595. The summed E-state index contributed by atoms with van der Waals surface area (Å²) in [7, 11) is 0. The number of nitrogens with one attached hydrogen (secondary N) is 2. The third-order valence-electron chi connectivity index (χ3n) is 4.03. The van der Waals surface area contributed by atoms with E-state index in [0.717, 1.165) is 22.8 Å². The van der Waals surface area contributed by atoms with Crippen molar-refractivity contribution in [2.24, 2.45) is 0 Å². The van der Waals surface area contributed by atoms with Crippen LogP contribution in [0, 0.1) is 6.92 Å². The quantitative estimate of drug-likeness (QED) is 0.832. The summed E-state index contributed by atoms with van der Waals surface area (Å²) in [4.78, 5) is 33.8. The third-order valence-corrected chi connectivity index (χ3v) is 4.03. The number of rotatable bonds is 6. The first-order valence-corrected chi connectivity index (χ1v) is 8.22. The summed E-state index contributed by atoms with van der Waals surface area (Å²) in [6, 6.07) is 7.61. The van der Waals surface area contributed by atoms with E-state index in [1.54, 1.807) is 11.0 Å². The molecule has 0 saturated heterocycles. The monoisotopic (exact) mass is 339 g/mol. The van der Waals surface area contributed by atoms with Gasteiger partial charge < -0.3 is 15.5 Å². The Morgan fingerprint density at radius 2 is 2.12 bits per heavy atom. The van der Waals surface area contributed by atoms with E-state index in [2.05, 4.69) is 20.6 Å². The molecular weight excluding hydrogens is 318 g/mol. The highest BCUT2D eigenvalue weighted by atomic mass is 16.2. The summed E-state index contributed by atoms with van der Waals surface area (Å²) < 4.78 is 0. The fourth-order valence-corrected chi connectivity index (χ4v) is 2.68. The van der Waals surface area contributed by atoms with Crippen LogP contribution < -0.4 is 10.6 Å². The van der Waals surface area contributed by atoms with Gasteiger partial charge in [0.05, 0.1) is 17.8 Å². The molecule has 0 spiro atoms. The molecule has 0 atom stereocenters. The van der Waals surface area contributed by atoms with E-state index in [1.165, 1.54) is 6.92 Å². The van der Waals surface area contributed by atoms with E-state index in [4.69, 9.17) is 0 Å². The number of carbonyl (C=O) groups is 2. The predicted molar refractivity (Wildman–Crippen MR) is 94.0 cm³/mol. The van der Waals surface area contributed by atoms with Crippen LogP contribution in [0.15, 0.2) is 30.5 Å². The zero-order valence-electron chi connectivity index (χ0n) is 14.4. The lowest BCUT2D eigenvalue weighted by atomic mass is 10.2. The summed E-state index contributed by atoms with van der Waals surface area (Å²) >= 11 is 0. The van der Waals surface area contributed by atoms with Gasteiger partial charge in [0.2, 0.25) is 5.91 Å². The second kappa shape index (κ2) is 7.29. The molecule has 130 valence electrons. The maximum Gasteiger partial charge on any atom is 0.256 e. The molecule has 25 heavy (non-hydrogen) atoms. The zero-order chi connectivity index (χ0) is 17.8. The third kappa shape index (κ3) is 4.12. The fourth-order valence-electron chi connectivity index (χ4n) is 2.68. The van der Waals surface area contributed by atoms with Crippen LogP contribution in [0.5, 0.6) is 0 Å².